The Morgan fingerprint density at radius 2 is 2.21 bits per heavy atom. The van der Waals surface area contributed by atoms with Gasteiger partial charge in [0.05, 0.1) is 0 Å². The van der Waals surface area contributed by atoms with Crippen molar-refractivity contribution in [3.63, 3.8) is 0 Å². The smallest absolute Gasteiger partial charge is 0.225 e. The minimum Gasteiger partial charge on any atom is -0.347 e. The Bertz CT molecular complexity index is 518. The van der Waals surface area contributed by atoms with Crippen LogP contribution in [-0.2, 0) is 37.5 Å². The molecule has 19 heavy (non-hydrogen) atoms. The van der Waals surface area contributed by atoms with Gasteiger partial charge in [0.2, 0.25) is 5.91 Å². The quantitative estimate of drug-likeness (QED) is 0.664. The molecule has 1 aliphatic rings. The summed E-state index contributed by atoms with van der Waals surface area (Å²) in [6.45, 7) is 4.56. The van der Waals surface area contributed by atoms with Crippen molar-refractivity contribution in [1.29, 1.82) is 0 Å². The minimum atomic E-state index is 0. The average molecular weight is 417 g/mol. The number of carbonyl (C=O) groups excluding carboxylic acids is 1. The Balaban J connectivity index is 0.00000180. The van der Waals surface area contributed by atoms with E-state index in [9.17, 15) is 4.79 Å². The molecule has 0 aromatic heterocycles. The number of hydrogen-bond donors (Lipinski definition) is 0. The number of hydrogen-bond acceptors (Lipinski definition) is 1. The van der Waals surface area contributed by atoms with Crippen LogP contribution in [0, 0.1) is 12.0 Å². The van der Waals surface area contributed by atoms with E-state index in [0.29, 0.717) is 18.0 Å². The fourth-order valence-electron chi connectivity index (χ4n) is 2.04. The van der Waals surface area contributed by atoms with Crippen molar-refractivity contribution in [2.75, 3.05) is 6.54 Å². The van der Waals surface area contributed by atoms with Crippen LogP contribution in [0.1, 0.15) is 25.8 Å². The summed E-state index contributed by atoms with van der Waals surface area (Å²) in [6.07, 6.45) is 3.99. The fourth-order valence-corrected chi connectivity index (χ4v) is 2.92. The third-order valence-electron chi connectivity index (χ3n) is 3.04. The molecule has 2 rings (SSSR count). The number of carbonyl (C=O) groups is 1. The van der Waals surface area contributed by atoms with Gasteiger partial charge in [0.1, 0.15) is 0 Å². The van der Waals surface area contributed by atoms with Crippen molar-refractivity contribution in [1.82, 2.24) is 4.90 Å². The first-order chi connectivity index (χ1) is 8.54. The standard InChI is InChI=1S/C14H14BrClNO.Y/c1-3-17-13(7-4-9(2)14(17)18)11-6-5-10(16)8-12(11)15;/h5-6,8-9H,3-4H2,1-2H3;/q-1;. The molecule has 1 amide bonds. The van der Waals surface area contributed by atoms with E-state index in [1.807, 2.05) is 32.0 Å². The Morgan fingerprint density at radius 1 is 1.53 bits per heavy atom. The summed E-state index contributed by atoms with van der Waals surface area (Å²) >= 11 is 9.43. The van der Waals surface area contributed by atoms with Crippen LogP contribution in [0.25, 0.3) is 5.70 Å². The van der Waals surface area contributed by atoms with Gasteiger partial charge in [0, 0.05) is 50.2 Å². The molecule has 0 saturated heterocycles. The van der Waals surface area contributed by atoms with Gasteiger partial charge < -0.3 is 4.90 Å². The van der Waals surface area contributed by atoms with E-state index in [1.165, 1.54) is 0 Å². The Kier molecular flexibility index (Phi) is 6.72. The van der Waals surface area contributed by atoms with Gasteiger partial charge >= 0.3 is 0 Å². The van der Waals surface area contributed by atoms with Crippen molar-refractivity contribution in [3.05, 3.63) is 39.3 Å². The molecule has 0 N–H and O–H groups in total. The van der Waals surface area contributed by atoms with Crippen LogP contribution in [0.5, 0.6) is 0 Å². The summed E-state index contributed by atoms with van der Waals surface area (Å²) in [7, 11) is 0. The molecular weight excluding hydrogens is 402 g/mol. The van der Waals surface area contributed by atoms with Gasteiger partial charge in [0.15, 0.2) is 0 Å². The van der Waals surface area contributed by atoms with Crippen LogP contribution in [0.2, 0.25) is 5.02 Å². The number of halogens is 2. The second-order valence-corrected chi connectivity index (χ2v) is 5.63. The molecule has 1 atom stereocenters. The molecule has 0 fully saturated rings. The molecule has 0 saturated carbocycles. The van der Waals surface area contributed by atoms with Gasteiger partial charge in [0.25, 0.3) is 0 Å². The molecule has 1 aromatic rings. The molecule has 0 spiro atoms. The Morgan fingerprint density at radius 3 is 2.79 bits per heavy atom. The molecule has 1 unspecified atom stereocenters. The van der Waals surface area contributed by atoms with Crippen molar-refractivity contribution in [2.45, 2.75) is 20.3 Å². The van der Waals surface area contributed by atoms with E-state index in [1.54, 1.807) is 4.90 Å². The second-order valence-electron chi connectivity index (χ2n) is 4.34. The topological polar surface area (TPSA) is 20.3 Å². The molecule has 1 radical (unpaired) electrons. The van der Waals surface area contributed by atoms with Gasteiger partial charge in [-0.3, -0.25) is 4.79 Å². The van der Waals surface area contributed by atoms with E-state index in [-0.39, 0.29) is 44.5 Å². The van der Waals surface area contributed by atoms with Crippen LogP contribution < -0.4 is 0 Å². The molecule has 5 heteroatoms. The molecule has 99 valence electrons. The summed E-state index contributed by atoms with van der Waals surface area (Å²) < 4.78 is 0.887. The minimum absolute atomic E-state index is 0. The third-order valence-corrected chi connectivity index (χ3v) is 3.93. The van der Waals surface area contributed by atoms with E-state index in [4.69, 9.17) is 11.6 Å². The number of allylic oxidation sites excluding steroid dienone is 1. The fraction of sp³-hybridized carbons (Fsp3) is 0.357. The molecule has 0 aliphatic carbocycles. The first-order valence-electron chi connectivity index (χ1n) is 5.92. The zero-order valence-electron chi connectivity index (χ0n) is 10.9. The summed E-state index contributed by atoms with van der Waals surface area (Å²) in [4.78, 5) is 13.9. The zero-order valence-corrected chi connectivity index (χ0v) is 16.1. The van der Waals surface area contributed by atoms with E-state index in [0.717, 1.165) is 15.7 Å². The van der Waals surface area contributed by atoms with Crippen LogP contribution in [0.4, 0.5) is 0 Å². The predicted octanol–water partition coefficient (Wildman–Crippen LogP) is 4.13. The van der Waals surface area contributed by atoms with Gasteiger partial charge in [-0.15, -0.1) is 17.3 Å². The van der Waals surface area contributed by atoms with Crippen LogP contribution in [0.3, 0.4) is 0 Å². The number of nitrogens with zero attached hydrogens (tertiary/aromatic N) is 1. The van der Waals surface area contributed by atoms with Crippen LogP contribution >= 0.6 is 27.5 Å². The van der Waals surface area contributed by atoms with E-state index >= 15 is 0 Å². The van der Waals surface area contributed by atoms with E-state index in [2.05, 4.69) is 22.0 Å². The van der Waals surface area contributed by atoms with Crippen molar-refractivity contribution < 1.29 is 37.5 Å². The molecule has 0 bridgehead atoms. The SMILES string of the molecule is CCN1C(=O)C(C)C[C-]=C1c1ccc(Cl)cc1Br.[Y]. The molecule has 1 aromatic carbocycles. The van der Waals surface area contributed by atoms with Gasteiger partial charge in [-0.05, 0) is 13.0 Å². The zero-order chi connectivity index (χ0) is 13.3. The maximum absolute atomic E-state index is 12.1. The largest absolute Gasteiger partial charge is 0.347 e. The predicted molar refractivity (Wildman–Crippen MR) is 77.0 cm³/mol. The monoisotopic (exact) mass is 415 g/mol. The maximum Gasteiger partial charge on any atom is 0.225 e. The summed E-state index contributed by atoms with van der Waals surface area (Å²) in [5.41, 5.74) is 1.81. The van der Waals surface area contributed by atoms with Crippen LogP contribution in [0.15, 0.2) is 22.7 Å². The summed E-state index contributed by atoms with van der Waals surface area (Å²) in [6, 6.07) is 5.58. The number of benzene rings is 1. The molecule has 1 aliphatic heterocycles. The van der Waals surface area contributed by atoms with Crippen molar-refractivity contribution >= 4 is 39.1 Å². The molecular formula is C14H14BrClNOY-. The summed E-state index contributed by atoms with van der Waals surface area (Å²) in [5.74, 6) is 0.174. The normalized spacial score (nSPS) is 18.9. The second kappa shape index (κ2) is 7.35. The third kappa shape index (κ3) is 3.69. The number of rotatable bonds is 2. The molecule has 1 heterocycles. The van der Waals surface area contributed by atoms with Gasteiger partial charge in [-0.25, -0.2) is 6.08 Å². The van der Waals surface area contributed by atoms with Crippen molar-refractivity contribution in [3.8, 4) is 0 Å². The maximum atomic E-state index is 12.1. The first-order valence-corrected chi connectivity index (χ1v) is 7.09. The van der Waals surface area contributed by atoms with Crippen LogP contribution in [-0.4, -0.2) is 17.4 Å². The molecule has 2 nitrogen and oxygen atoms in total. The van der Waals surface area contributed by atoms with Crippen molar-refractivity contribution in [2.24, 2.45) is 5.92 Å². The van der Waals surface area contributed by atoms with Gasteiger partial charge in [-0.2, -0.15) is 0 Å². The first kappa shape index (κ1) is 17.4. The Labute approximate surface area is 152 Å². The number of amides is 1. The van der Waals surface area contributed by atoms with E-state index < -0.39 is 0 Å². The Hall–Kier alpha value is 0.304. The summed E-state index contributed by atoms with van der Waals surface area (Å²) in [5, 5.41) is 0.671. The average Bonchev–Trinajstić information content (AvgIpc) is 2.33. The van der Waals surface area contributed by atoms with Gasteiger partial charge in [-0.1, -0.05) is 51.4 Å².